The summed E-state index contributed by atoms with van der Waals surface area (Å²) in [4.78, 5) is 0. The zero-order valence-corrected chi connectivity index (χ0v) is 11.8. The van der Waals surface area contributed by atoms with Gasteiger partial charge in [0.15, 0.2) is 18.1 Å². The summed E-state index contributed by atoms with van der Waals surface area (Å²) in [5, 5.41) is 0. The maximum Gasteiger partial charge on any atom is 0.254 e. The molecule has 0 aromatic carbocycles. The first-order valence-electron chi connectivity index (χ1n) is 6.08. The zero-order chi connectivity index (χ0) is 13.0. The van der Waals surface area contributed by atoms with E-state index in [9.17, 15) is 0 Å². The lowest BCUT2D eigenvalue weighted by atomic mass is 10.1. The topological polar surface area (TPSA) is 38.9 Å². The van der Waals surface area contributed by atoms with Crippen LogP contribution < -0.4 is 9.30 Å². The van der Waals surface area contributed by atoms with Crippen molar-refractivity contribution in [2.24, 2.45) is 13.0 Å². The third-order valence-corrected chi connectivity index (χ3v) is 3.12. The first-order valence-corrected chi connectivity index (χ1v) is 6.81. The molecular weight excluding hydrogens is 246 g/mol. The summed E-state index contributed by atoms with van der Waals surface area (Å²) in [5.74, 6) is 1.28. The van der Waals surface area contributed by atoms with Gasteiger partial charge in [-0.15, -0.1) is 4.37 Å². The maximum atomic E-state index is 5.71. The number of rotatable bonds is 5. The fourth-order valence-corrected chi connectivity index (χ4v) is 2.09. The number of aromatic nitrogens is 3. The van der Waals surface area contributed by atoms with Crippen LogP contribution >= 0.6 is 11.7 Å². The Morgan fingerprint density at radius 1 is 1.39 bits per heavy atom. The van der Waals surface area contributed by atoms with E-state index in [1.807, 2.05) is 36.1 Å². The van der Waals surface area contributed by atoms with Gasteiger partial charge >= 0.3 is 0 Å². The van der Waals surface area contributed by atoms with Gasteiger partial charge < -0.3 is 4.74 Å². The molecule has 0 aliphatic rings. The quantitative estimate of drug-likeness (QED) is 0.779. The highest BCUT2D eigenvalue weighted by Crippen LogP contribution is 2.26. The molecule has 0 atom stereocenters. The molecule has 0 saturated heterocycles. The predicted molar refractivity (Wildman–Crippen MR) is 71.5 cm³/mol. The fourth-order valence-electron chi connectivity index (χ4n) is 1.57. The van der Waals surface area contributed by atoms with Gasteiger partial charge in [0, 0.05) is 6.07 Å². The molecule has 0 N–H and O–H groups in total. The largest absolute Gasteiger partial charge is 0.475 e. The van der Waals surface area contributed by atoms with Crippen LogP contribution in [0.3, 0.4) is 0 Å². The van der Waals surface area contributed by atoms with Crippen LogP contribution in [0.5, 0.6) is 5.88 Å². The van der Waals surface area contributed by atoms with Crippen molar-refractivity contribution in [3.8, 4) is 17.1 Å². The highest BCUT2D eigenvalue weighted by molar-refractivity contribution is 6.99. The van der Waals surface area contributed by atoms with Crippen LogP contribution in [0.15, 0.2) is 24.5 Å². The maximum absolute atomic E-state index is 5.71. The summed E-state index contributed by atoms with van der Waals surface area (Å²) >= 11 is 1.19. The third-order valence-electron chi connectivity index (χ3n) is 2.61. The first kappa shape index (κ1) is 13.0. The molecule has 2 rings (SSSR count). The Morgan fingerprint density at radius 3 is 2.94 bits per heavy atom. The summed E-state index contributed by atoms with van der Waals surface area (Å²) in [6.45, 7) is 5.05. The number of ether oxygens (including phenoxy) is 1. The first-order chi connectivity index (χ1) is 8.66. The molecule has 5 heteroatoms. The van der Waals surface area contributed by atoms with Crippen molar-refractivity contribution in [1.82, 2.24) is 8.75 Å². The van der Waals surface area contributed by atoms with Gasteiger partial charge in [0.2, 0.25) is 0 Å². The van der Waals surface area contributed by atoms with Gasteiger partial charge in [-0.2, -0.15) is 4.37 Å². The molecule has 0 radical (unpaired) electrons. The molecule has 0 aliphatic heterocycles. The van der Waals surface area contributed by atoms with E-state index in [-0.39, 0.29) is 0 Å². The monoisotopic (exact) mass is 264 g/mol. The van der Waals surface area contributed by atoms with Crippen molar-refractivity contribution in [2.45, 2.75) is 20.3 Å². The molecule has 0 fully saturated rings. The normalized spacial score (nSPS) is 10.9. The van der Waals surface area contributed by atoms with Gasteiger partial charge in [-0.1, -0.05) is 13.8 Å². The van der Waals surface area contributed by atoms with E-state index in [1.165, 1.54) is 11.7 Å². The van der Waals surface area contributed by atoms with Crippen LogP contribution in [-0.4, -0.2) is 15.4 Å². The second kappa shape index (κ2) is 5.91. The lowest BCUT2D eigenvalue weighted by Crippen LogP contribution is -2.26. The van der Waals surface area contributed by atoms with Crippen molar-refractivity contribution in [3.05, 3.63) is 24.5 Å². The molecule has 96 valence electrons. The average Bonchev–Trinajstić information content (AvgIpc) is 2.77. The molecule has 2 aromatic rings. The molecule has 0 aliphatic carbocycles. The van der Waals surface area contributed by atoms with E-state index in [0.717, 1.165) is 17.7 Å². The van der Waals surface area contributed by atoms with Gasteiger partial charge in [-0.3, -0.25) is 0 Å². The minimum Gasteiger partial charge on any atom is -0.475 e. The molecule has 0 spiro atoms. The van der Waals surface area contributed by atoms with E-state index in [2.05, 4.69) is 22.6 Å². The van der Waals surface area contributed by atoms with Gasteiger partial charge in [0.05, 0.1) is 23.9 Å². The average molecular weight is 264 g/mol. The van der Waals surface area contributed by atoms with Crippen LogP contribution in [0, 0.1) is 5.92 Å². The number of aryl methyl sites for hydroxylation is 1. The van der Waals surface area contributed by atoms with Crippen molar-refractivity contribution in [2.75, 3.05) is 6.61 Å². The molecule has 18 heavy (non-hydrogen) atoms. The summed E-state index contributed by atoms with van der Waals surface area (Å²) in [5.41, 5.74) is 1.87. The Balaban J connectivity index is 2.12. The van der Waals surface area contributed by atoms with E-state index >= 15 is 0 Å². The predicted octanol–water partition coefficient (Wildman–Crippen LogP) is 2.45. The SMILES string of the molecule is CC(C)CCOc1nsnc1-c1ccc[n+](C)c1. The van der Waals surface area contributed by atoms with Crippen LogP contribution in [0.4, 0.5) is 0 Å². The molecule has 4 nitrogen and oxygen atoms in total. The molecule has 0 unspecified atom stereocenters. The Labute approximate surface area is 112 Å². The van der Waals surface area contributed by atoms with E-state index in [1.54, 1.807) is 0 Å². The number of hydrogen-bond acceptors (Lipinski definition) is 4. The van der Waals surface area contributed by atoms with Crippen LogP contribution in [0.1, 0.15) is 20.3 Å². The van der Waals surface area contributed by atoms with Gasteiger partial charge in [0.25, 0.3) is 5.88 Å². The Bertz CT molecular complexity index is 510. The second-order valence-electron chi connectivity index (χ2n) is 4.71. The minimum atomic E-state index is 0.634. The molecule has 0 saturated carbocycles. The van der Waals surface area contributed by atoms with Crippen molar-refractivity contribution in [3.63, 3.8) is 0 Å². The van der Waals surface area contributed by atoms with Gasteiger partial charge in [0.1, 0.15) is 7.05 Å². The highest BCUT2D eigenvalue weighted by Gasteiger charge is 2.14. The third kappa shape index (κ3) is 3.26. The molecular formula is C13H18N3OS+. The minimum absolute atomic E-state index is 0.634. The summed E-state index contributed by atoms with van der Waals surface area (Å²) < 4.78 is 16.2. The van der Waals surface area contributed by atoms with Crippen LogP contribution in [-0.2, 0) is 7.05 Å². The number of hydrogen-bond donors (Lipinski definition) is 0. The van der Waals surface area contributed by atoms with Crippen LogP contribution in [0.2, 0.25) is 0 Å². The van der Waals surface area contributed by atoms with E-state index in [0.29, 0.717) is 18.4 Å². The molecule has 2 heterocycles. The number of nitrogens with zero attached hydrogens (tertiary/aromatic N) is 3. The smallest absolute Gasteiger partial charge is 0.254 e. The highest BCUT2D eigenvalue weighted by atomic mass is 32.1. The lowest BCUT2D eigenvalue weighted by Gasteiger charge is -2.06. The summed E-state index contributed by atoms with van der Waals surface area (Å²) in [6, 6.07) is 4.01. The standard InChI is InChI=1S/C13H18N3OS/c1-10(2)6-8-17-13-12(14-18-15-13)11-5-4-7-16(3)9-11/h4-5,7,9-10H,6,8H2,1-3H3/q+1. The van der Waals surface area contributed by atoms with E-state index < -0.39 is 0 Å². The summed E-state index contributed by atoms with van der Waals surface area (Å²) in [7, 11) is 1.99. The lowest BCUT2D eigenvalue weighted by molar-refractivity contribution is -0.671. The van der Waals surface area contributed by atoms with E-state index in [4.69, 9.17) is 4.74 Å². The zero-order valence-electron chi connectivity index (χ0n) is 11.0. The molecule has 0 amide bonds. The van der Waals surface area contributed by atoms with Crippen molar-refractivity contribution >= 4 is 11.7 Å². The van der Waals surface area contributed by atoms with Gasteiger partial charge in [-0.05, 0) is 18.4 Å². The second-order valence-corrected chi connectivity index (χ2v) is 5.24. The number of pyridine rings is 1. The van der Waals surface area contributed by atoms with Crippen molar-refractivity contribution < 1.29 is 9.30 Å². The Kier molecular flexibility index (Phi) is 4.25. The molecule has 0 bridgehead atoms. The Morgan fingerprint density at radius 2 is 2.22 bits per heavy atom. The van der Waals surface area contributed by atoms with Crippen LogP contribution in [0.25, 0.3) is 11.3 Å². The summed E-state index contributed by atoms with van der Waals surface area (Å²) in [6.07, 6.45) is 5.04. The molecule has 2 aromatic heterocycles. The Hall–Kier alpha value is -1.49. The fraction of sp³-hybridized carbons (Fsp3) is 0.462. The van der Waals surface area contributed by atoms with Crippen molar-refractivity contribution in [1.29, 1.82) is 0 Å². The van der Waals surface area contributed by atoms with Gasteiger partial charge in [-0.25, -0.2) is 4.57 Å².